The highest BCUT2D eigenvalue weighted by Gasteiger charge is 2.55. The van der Waals surface area contributed by atoms with Gasteiger partial charge >= 0.3 is 11.9 Å². The Morgan fingerprint density at radius 3 is 2.06 bits per heavy atom. The highest BCUT2D eigenvalue weighted by Crippen LogP contribution is 2.25. The van der Waals surface area contributed by atoms with E-state index in [2.05, 4.69) is 4.99 Å². The maximum Gasteiger partial charge on any atom is 0.337 e. The second kappa shape index (κ2) is 5.65. The largest absolute Gasteiger partial charge is 0.480 e. The maximum absolute atomic E-state index is 11.1. The first-order valence-electron chi connectivity index (χ1n) is 5.09. The van der Waals surface area contributed by atoms with E-state index in [1.54, 1.807) is 0 Å². The van der Waals surface area contributed by atoms with E-state index in [4.69, 9.17) is 27.4 Å². The molecule has 0 aromatic heterocycles. The Labute approximate surface area is 103 Å². The number of aliphatic imine (C=N–C) groups is 1. The molecule has 18 heavy (non-hydrogen) atoms. The van der Waals surface area contributed by atoms with Crippen LogP contribution < -0.4 is 17.2 Å². The molecule has 0 bridgehead atoms. The van der Waals surface area contributed by atoms with Gasteiger partial charge in [-0.2, -0.15) is 0 Å². The number of guanidine groups is 1. The van der Waals surface area contributed by atoms with Gasteiger partial charge in [-0.05, 0) is 19.8 Å². The molecule has 9 nitrogen and oxygen atoms in total. The molecule has 0 fully saturated rings. The number of hydrogen-bond donors (Lipinski definition) is 6. The minimum atomic E-state index is -2.60. The van der Waals surface area contributed by atoms with Crippen molar-refractivity contribution in [3.05, 3.63) is 0 Å². The third-order valence-electron chi connectivity index (χ3n) is 2.69. The van der Waals surface area contributed by atoms with Gasteiger partial charge < -0.3 is 32.5 Å². The quantitative estimate of drug-likeness (QED) is 0.167. The summed E-state index contributed by atoms with van der Waals surface area (Å²) in [5, 5.41) is 27.5. The number of nitrogens with zero attached hydrogens (tertiary/aromatic N) is 1. The smallest absolute Gasteiger partial charge is 0.337 e. The summed E-state index contributed by atoms with van der Waals surface area (Å²) in [4.78, 5) is 25.5. The van der Waals surface area contributed by atoms with Gasteiger partial charge in [-0.25, -0.2) is 4.79 Å². The van der Waals surface area contributed by atoms with Crippen LogP contribution in [0.3, 0.4) is 0 Å². The normalized spacial score (nSPS) is 17.3. The lowest BCUT2D eigenvalue weighted by Gasteiger charge is -2.35. The first-order chi connectivity index (χ1) is 8.05. The molecular weight excluding hydrogens is 244 g/mol. The fourth-order valence-electron chi connectivity index (χ4n) is 1.32. The zero-order chi connectivity index (χ0) is 14.6. The summed E-state index contributed by atoms with van der Waals surface area (Å²) in [5.41, 5.74) is 10.7. The van der Waals surface area contributed by atoms with Crippen LogP contribution in [0.5, 0.6) is 0 Å². The van der Waals surface area contributed by atoms with E-state index in [0.717, 1.165) is 6.92 Å². The zero-order valence-electron chi connectivity index (χ0n) is 9.96. The van der Waals surface area contributed by atoms with Gasteiger partial charge in [-0.3, -0.25) is 9.79 Å². The van der Waals surface area contributed by atoms with Gasteiger partial charge in [0.05, 0.1) is 0 Å². The molecule has 9 N–H and O–H groups in total. The fourth-order valence-corrected chi connectivity index (χ4v) is 1.32. The summed E-state index contributed by atoms with van der Waals surface area (Å²) in [6.07, 6.45) is -0.178. The van der Waals surface area contributed by atoms with Crippen molar-refractivity contribution >= 4 is 17.9 Å². The average Bonchev–Trinajstić information content (AvgIpc) is 2.22. The van der Waals surface area contributed by atoms with Crippen LogP contribution in [0.15, 0.2) is 4.99 Å². The number of aliphatic hydroxyl groups is 1. The van der Waals surface area contributed by atoms with Crippen LogP contribution in [0.2, 0.25) is 0 Å². The molecule has 0 radical (unpaired) electrons. The van der Waals surface area contributed by atoms with Crippen molar-refractivity contribution in [1.29, 1.82) is 0 Å². The summed E-state index contributed by atoms with van der Waals surface area (Å²) in [6, 6.07) is 0. The zero-order valence-corrected chi connectivity index (χ0v) is 9.96. The van der Waals surface area contributed by atoms with Crippen LogP contribution in [-0.2, 0) is 9.59 Å². The maximum atomic E-state index is 11.1. The summed E-state index contributed by atoms with van der Waals surface area (Å²) in [6.45, 7) is 0.925. The third-order valence-corrected chi connectivity index (χ3v) is 2.69. The Kier molecular flexibility index (Phi) is 5.06. The predicted molar refractivity (Wildman–Crippen MR) is 62.7 cm³/mol. The molecule has 104 valence electrons. The van der Waals surface area contributed by atoms with Gasteiger partial charge in [-0.15, -0.1) is 0 Å². The summed E-state index contributed by atoms with van der Waals surface area (Å²) < 4.78 is 0. The lowest BCUT2D eigenvalue weighted by atomic mass is 9.78. The van der Waals surface area contributed by atoms with Crippen LogP contribution in [0, 0.1) is 0 Å². The van der Waals surface area contributed by atoms with Gasteiger partial charge in [0.15, 0.2) is 17.1 Å². The van der Waals surface area contributed by atoms with Gasteiger partial charge in [0, 0.05) is 6.54 Å². The number of carboxylic acids is 2. The lowest BCUT2D eigenvalue weighted by Crippen LogP contribution is -2.67. The second-order valence-electron chi connectivity index (χ2n) is 4.06. The summed E-state index contributed by atoms with van der Waals surface area (Å²) >= 11 is 0. The van der Waals surface area contributed by atoms with Crippen LogP contribution >= 0.6 is 0 Å². The van der Waals surface area contributed by atoms with E-state index in [-0.39, 0.29) is 25.3 Å². The molecule has 0 amide bonds. The molecule has 0 saturated carbocycles. The highest BCUT2D eigenvalue weighted by atomic mass is 16.4. The number of hydrogen-bond acceptors (Lipinski definition) is 5. The molecular formula is C9H18N4O5. The van der Waals surface area contributed by atoms with Gasteiger partial charge in [0.2, 0.25) is 0 Å². The molecule has 0 spiro atoms. The first-order valence-corrected chi connectivity index (χ1v) is 5.09. The molecule has 0 heterocycles. The minimum absolute atomic E-state index is 0.0876. The Bertz CT molecular complexity index is 364. The van der Waals surface area contributed by atoms with Gasteiger partial charge in [0.1, 0.15) is 0 Å². The monoisotopic (exact) mass is 262 g/mol. The Morgan fingerprint density at radius 1 is 1.22 bits per heavy atom. The van der Waals surface area contributed by atoms with E-state index >= 15 is 0 Å². The Balaban J connectivity index is 4.91. The Hall–Kier alpha value is -1.87. The molecule has 0 aliphatic carbocycles. The van der Waals surface area contributed by atoms with Crippen molar-refractivity contribution in [3.63, 3.8) is 0 Å². The molecule has 9 heteroatoms. The number of rotatable bonds is 7. The summed E-state index contributed by atoms with van der Waals surface area (Å²) in [5.74, 6) is -3.49. The van der Waals surface area contributed by atoms with Gasteiger partial charge in [0.25, 0.3) is 0 Å². The molecule has 2 unspecified atom stereocenters. The minimum Gasteiger partial charge on any atom is -0.480 e. The second-order valence-corrected chi connectivity index (χ2v) is 4.06. The molecule has 0 rings (SSSR count). The molecule has 0 aliphatic rings. The standard InChI is InChI=1S/C9H18N4O5/c1-8(18,5(14)15)9(12,6(16)17)3-2-4-13-7(10)11/h18H,2-4,12H2,1H3,(H,14,15)(H,16,17)(H4,10,11,13). The van der Waals surface area contributed by atoms with Crippen molar-refractivity contribution in [2.24, 2.45) is 22.2 Å². The lowest BCUT2D eigenvalue weighted by molar-refractivity contribution is -0.175. The fraction of sp³-hybridized carbons (Fsp3) is 0.667. The first kappa shape index (κ1) is 16.1. The number of aliphatic carboxylic acids is 2. The van der Waals surface area contributed by atoms with Crippen molar-refractivity contribution in [1.82, 2.24) is 0 Å². The number of nitrogens with two attached hydrogens (primary N) is 3. The SMILES string of the molecule is CC(O)(C(=O)O)C(N)(CCCN=C(N)N)C(=O)O. The van der Waals surface area contributed by atoms with Crippen LogP contribution in [-0.4, -0.2) is 50.9 Å². The van der Waals surface area contributed by atoms with E-state index in [1.165, 1.54) is 0 Å². The van der Waals surface area contributed by atoms with E-state index in [9.17, 15) is 14.7 Å². The highest BCUT2D eigenvalue weighted by molar-refractivity contribution is 5.91. The number of carbonyl (C=O) groups is 2. The van der Waals surface area contributed by atoms with E-state index < -0.39 is 23.1 Å². The van der Waals surface area contributed by atoms with Crippen molar-refractivity contribution in [2.75, 3.05) is 6.54 Å². The van der Waals surface area contributed by atoms with E-state index in [0.29, 0.717) is 0 Å². The topological polar surface area (TPSA) is 185 Å². The van der Waals surface area contributed by atoms with E-state index in [1.807, 2.05) is 0 Å². The molecule has 2 atom stereocenters. The van der Waals surface area contributed by atoms with Crippen molar-refractivity contribution in [3.8, 4) is 0 Å². The van der Waals surface area contributed by atoms with Crippen LogP contribution in [0.4, 0.5) is 0 Å². The summed E-state index contributed by atoms with van der Waals surface area (Å²) in [7, 11) is 0. The number of carboxylic acid groups (broad SMARTS) is 2. The Morgan fingerprint density at radius 2 is 1.72 bits per heavy atom. The van der Waals surface area contributed by atoms with Crippen LogP contribution in [0.25, 0.3) is 0 Å². The average molecular weight is 262 g/mol. The van der Waals surface area contributed by atoms with Crippen molar-refractivity contribution < 1.29 is 24.9 Å². The molecule has 0 aromatic rings. The molecule has 0 aliphatic heterocycles. The van der Waals surface area contributed by atoms with Gasteiger partial charge in [-0.1, -0.05) is 0 Å². The molecule has 0 aromatic carbocycles. The van der Waals surface area contributed by atoms with Crippen molar-refractivity contribution in [2.45, 2.75) is 30.9 Å². The molecule has 0 saturated heterocycles. The van der Waals surface area contributed by atoms with Crippen LogP contribution in [0.1, 0.15) is 19.8 Å². The predicted octanol–water partition coefficient (Wildman–Crippen LogP) is -2.34. The third kappa shape index (κ3) is 3.31.